The zero-order valence-electron chi connectivity index (χ0n) is 12.9. The molecule has 7 heteroatoms. The van der Waals surface area contributed by atoms with Gasteiger partial charge < -0.3 is 9.84 Å². The summed E-state index contributed by atoms with van der Waals surface area (Å²) in [5.41, 5.74) is 3.88. The van der Waals surface area contributed by atoms with E-state index in [0.29, 0.717) is 23.8 Å². The largest absolute Gasteiger partial charge is 0.505 e. The van der Waals surface area contributed by atoms with Gasteiger partial charge >= 0.3 is 0 Å². The standard InChI is InChI=1S/C17H16ClN3O2S/c18-12-2-1-5-19-14(12)16(21-6-8-23-9-7-21)11-3-4-13-15(17(11)22)20-10-24-13/h1-5,10,16,22H,6-9H2. The molecule has 3 heterocycles. The molecule has 0 spiro atoms. The minimum absolute atomic E-state index is 0.201. The zero-order valence-corrected chi connectivity index (χ0v) is 14.4. The Morgan fingerprint density at radius 3 is 2.83 bits per heavy atom. The molecule has 1 fully saturated rings. The fourth-order valence-corrected chi connectivity index (χ4v) is 4.01. The van der Waals surface area contributed by atoms with Crippen molar-refractivity contribution >= 4 is 33.2 Å². The molecule has 5 nitrogen and oxygen atoms in total. The monoisotopic (exact) mass is 361 g/mol. The van der Waals surface area contributed by atoms with E-state index in [4.69, 9.17) is 16.3 Å². The molecule has 1 aromatic carbocycles. The van der Waals surface area contributed by atoms with E-state index in [2.05, 4.69) is 14.9 Å². The lowest BCUT2D eigenvalue weighted by molar-refractivity contribution is 0.0229. The fourth-order valence-electron chi connectivity index (χ4n) is 3.10. The lowest BCUT2D eigenvalue weighted by atomic mass is 9.99. The van der Waals surface area contributed by atoms with Gasteiger partial charge in [0.25, 0.3) is 0 Å². The summed E-state index contributed by atoms with van der Waals surface area (Å²) < 4.78 is 6.43. The first-order chi connectivity index (χ1) is 11.8. The third-order valence-electron chi connectivity index (χ3n) is 4.26. The summed E-state index contributed by atoms with van der Waals surface area (Å²) in [6.07, 6.45) is 1.73. The number of hydrogen-bond acceptors (Lipinski definition) is 6. The van der Waals surface area contributed by atoms with Crippen LogP contribution in [0.4, 0.5) is 0 Å². The Labute approximate surface area is 148 Å². The van der Waals surface area contributed by atoms with E-state index in [9.17, 15) is 5.11 Å². The topological polar surface area (TPSA) is 58.5 Å². The third-order valence-corrected chi connectivity index (χ3v) is 5.37. The second-order valence-electron chi connectivity index (χ2n) is 5.62. The summed E-state index contributed by atoms with van der Waals surface area (Å²) >= 11 is 7.93. The summed E-state index contributed by atoms with van der Waals surface area (Å²) in [7, 11) is 0. The molecule has 2 aromatic heterocycles. The number of aromatic nitrogens is 2. The molecule has 0 aliphatic carbocycles. The number of hydrogen-bond donors (Lipinski definition) is 1. The van der Waals surface area contributed by atoms with Gasteiger partial charge in [-0.3, -0.25) is 9.88 Å². The zero-order chi connectivity index (χ0) is 16.5. The number of phenols is 1. The lowest BCUT2D eigenvalue weighted by Crippen LogP contribution is -2.40. The van der Waals surface area contributed by atoms with E-state index in [-0.39, 0.29) is 11.8 Å². The van der Waals surface area contributed by atoms with Gasteiger partial charge in [-0.05, 0) is 18.2 Å². The number of phenolic OH excluding ortho intramolecular Hbond substituents is 1. The van der Waals surface area contributed by atoms with Crippen LogP contribution < -0.4 is 0 Å². The molecule has 1 atom stereocenters. The average Bonchev–Trinajstić information content (AvgIpc) is 3.09. The van der Waals surface area contributed by atoms with Crippen LogP contribution in [-0.2, 0) is 4.74 Å². The van der Waals surface area contributed by atoms with Crippen molar-refractivity contribution in [3.8, 4) is 5.75 Å². The van der Waals surface area contributed by atoms with Crippen LogP contribution in [0.2, 0.25) is 5.02 Å². The Morgan fingerprint density at radius 2 is 2.04 bits per heavy atom. The summed E-state index contributed by atoms with van der Waals surface area (Å²) in [6, 6.07) is 7.35. The molecular formula is C17H16ClN3O2S. The number of pyridine rings is 1. The Bertz CT molecular complexity index is 864. The molecule has 124 valence electrons. The minimum Gasteiger partial charge on any atom is -0.505 e. The average molecular weight is 362 g/mol. The van der Waals surface area contributed by atoms with Crippen LogP contribution in [0.3, 0.4) is 0 Å². The molecule has 4 rings (SSSR count). The number of rotatable bonds is 3. The summed E-state index contributed by atoms with van der Waals surface area (Å²) in [5.74, 6) is 0.201. The van der Waals surface area contributed by atoms with Crippen LogP contribution in [0.5, 0.6) is 5.75 Å². The first kappa shape index (κ1) is 15.8. The highest BCUT2D eigenvalue weighted by Crippen LogP contribution is 2.40. The SMILES string of the molecule is Oc1c(C(c2ncccc2Cl)N2CCOCC2)ccc2scnc12. The maximum Gasteiger partial charge on any atom is 0.147 e. The number of ether oxygens (including phenoxy) is 1. The Kier molecular flexibility index (Phi) is 4.37. The van der Waals surface area contributed by atoms with Crippen LogP contribution in [0.1, 0.15) is 17.3 Å². The molecule has 0 amide bonds. The van der Waals surface area contributed by atoms with Crippen LogP contribution in [0, 0.1) is 0 Å². The van der Waals surface area contributed by atoms with Gasteiger partial charge in [0.15, 0.2) is 0 Å². The summed E-state index contributed by atoms with van der Waals surface area (Å²) in [4.78, 5) is 11.0. The van der Waals surface area contributed by atoms with Crippen molar-refractivity contribution in [1.29, 1.82) is 0 Å². The second kappa shape index (κ2) is 6.64. The van der Waals surface area contributed by atoms with E-state index >= 15 is 0 Å². The van der Waals surface area contributed by atoms with Crippen molar-refractivity contribution in [3.63, 3.8) is 0 Å². The predicted molar refractivity (Wildman–Crippen MR) is 94.8 cm³/mol. The van der Waals surface area contributed by atoms with Gasteiger partial charge in [-0.25, -0.2) is 4.98 Å². The van der Waals surface area contributed by atoms with Crippen LogP contribution in [0.25, 0.3) is 10.2 Å². The van der Waals surface area contributed by atoms with E-state index in [1.54, 1.807) is 11.7 Å². The molecule has 1 aliphatic heterocycles. The number of morpholine rings is 1. The molecule has 0 radical (unpaired) electrons. The quantitative estimate of drug-likeness (QED) is 0.774. The maximum absolute atomic E-state index is 10.8. The van der Waals surface area contributed by atoms with E-state index in [0.717, 1.165) is 29.0 Å². The van der Waals surface area contributed by atoms with Gasteiger partial charge in [-0.2, -0.15) is 0 Å². The van der Waals surface area contributed by atoms with Crippen molar-refractivity contribution in [2.24, 2.45) is 0 Å². The van der Waals surface area contributed by atoms with Gasteiger partial charge in [-0.15, -0.1) is 11.3 Å². The number of nitrogens with zero attached hydrogens (tertiary/aromatic N) is 3. The summed E-state index contributed by atoms with van der Waals surface area (Å²) in [6.45, 7) is 2.82. The molecular weight excluding hydrogens is 346 g/mol. The molecule has 3 aromatic rings. The maximum atomic E-state index is 10.8. The number of thiazole rings is 1. The first-order valence-corrected chi connectivity index (χ1v) is 8.99. The van der Waals surface area contributed by atoms with E-state index < -0.39 is 0 Å². The molecule has 1 N–H and O–H groups in total. The first-order valence-electron chi connectivity index (χ1n) is 7.73. The molecule has 0 saturated carbocycles. The Balaban J connectivity index is 1.87. The van der Waals surface area contributed by atoms with Gasteiger partial charge in [0.05, 0.1) is 40.2 Å². The highest BCUT2D eigenvalue weighted by molar-refractivity contribution is 7.16. The molecule has 0 bridgehead atoms. The fraction of sp³-hybridized carbons (Fsp3) is 0.294. The number of fused-ring (bicyclic) bond motifs is 1. The third kappa shape index (κ3) is 2.75. The van der Waals surface area contributed by atoms with Gasteiger partial charge in [0.1, 0.15) is 11.3 Å². The Hall–Kier alpha value is -1.73. The molecule has 1 saturated heterocycles. The van der Waals surface area contributed by atoms with Crippen molar-refractivity contribution < 1.29 is 9.84 Å². The molecule has 24 heavy (non-hydrogen) atoms. The van der Waals surface area contributed by atoms with Crippen molar-refractivity contribution in [3.05, 3.63) is 52.3 Å². The number of aromatic hydroxyl groups is 1. The second-order valence-corrected chi connectivity index (χ2v) is 6.92. The van der Waals surface area contributed by atoms with Crippen molar-refractivity contribution in [2.75, 3.05) is 26.3 Å². The van der Waals surface area contributed by atoms with Gasteiger partial charge in [0, 0.05) is 24.8 Å². The van der Waals surface area contributed by atoms with E-state index in [1.165, 1.54) is 11.3 Å². The van der Waals surface area contributed by atoms with Crippen molar-refractivity contribution in [1.82, 2.24) is 14.9 Å². The van der Waals surface area contributed by atoms with Crippen LogP contribution in [-0.4, -0.2) is 46.3 Å². The molecule has 1 unspecified atom stereocenters. The minimum atomic E-state index is -0.228. The molecule has 1 aliphatic rings. The van der Waals surface area contributed by atoms with Gasteiger partial charge in [-0.1, -0.05) is 17.7 Å². The highest BCUT2D eigenvalue weighted by atomic mass is 35.5. The highest BCUT2D eigenvalue weighted by Gasteiger charge is 2.30. The lowest BCUT2D eigenvalue weighted by Gasteiger charge is -2.35. The summed E-state index contributed by atoms with van der Waals surface area (Å²) in [5, 5.41) is 11.4. The Morgan fingerprint density at radius 1 is 1.21 bits per heavy atom. The van der Waals surface area contributed by atoms with Crippen molar-refractivity contribution in [2.45, 2.75) is 6.04 Å². The van der Waals surface area contributed by atoms with Gasteiger partial charge in [0.2, 0.25) is 0 Å². The van der Waals surface area contributed by atoms with Crippen LogP contribution in [0.15, 0.2) is 36.0 Å². The smallest absolute Gasteiger partial charge is 0.147 e. The predicted octanol–water partition coefficient (Wildman–Crippen LogP) is 3.47. The van der Waals surface area contributed by atoms with E-state index in [1.807, 2.05) is 24.3 Å². The number of benzene rings is 1. The normalized spacial score (nSPS) is 17.2. The number of halogens is 1. The van der Waals surface area contributed by atoms with Crippen LogP contribution >= 0.6 is 22.9 Å².